The highest BCUT2D eigenvalue weighted by atomic mass is 19.1. The van der Waals surface area contributed by atoms with E-state index in [1.54, 1.807) is 18.2 Å². The Hall–Kier alpha value is -3.35. The van der Waals surface area contributed by atoms with Crippen molar-refractivity contribution < 1.29 is 9.18 Å². The van der Waals surface area contributed by atoms with E-state index < -0.39 is 5.82 Å². The van der Waals surface area contributed by atoms with Gasteiger partial charge in [-0.3, -0.25) is 9.89 Å². The van der Waals surface area contributed by atoms with Crippen LogP contribution in [-0.4, -0.2) is 27.3 Å². The van der Waals surface area contributed by atoms with Crippen molar-refractivity contribution in [2.75, 3.05) is 0 Å². The molecule has 24 heavy (non-hydrogen) atoms. The van der Waals surface area contributed by atoms with Gasteiger partial charge in [-0.05, 0) is 6.07 Å². The van der Waals surface area contributed by atoms with Crippen LogP contribution in [0.15, 0.2) is 59.7 Å². The molecule has 7 heteroatoms. The minimum absolute atomic E-state index is 0.00551. The molecule has 0 aliphatic carbocycles. The quantitative estimate of drug-likeness (QED) is 0.558. The lowest BCUT2D eigenvalue weighted by Gasteiger charge is -1.97. The fraction of sp³-hybridized carbons (Fsp3) is 0.0588. The Labute approximate surface area is 137 Å². The Morgan fingerprint density at radius 2 is 1.92 bits per heavy atom. The van der Waals surface area contributed by atoms with Gasteiger partial charge in [-0.2, -0.15) is 10.2 Å². The van der Waals surface area contributed by atoms with Gasteiger partial charge in [0, 0.05) is 11.1 Å². The number of carbonyl (C=O) groups is 1. The number of hydrogen-bond acceptors (Lipinski definition) is 4. The molecule has 3 aromatic rings. The third-order valence-corrected chi connectivity index (χ3v) is 3.19. The van der Waals surface area contributed by atoms with Crippen LogP contribution >= 0.6 is 0 Å². The predicted molar refractivity (Wildman–Crippen MR) is 87.7 cm³/mol. The lowest BCUT2D eigenvalue weighted by molar-refractivity contribution is -0.120. The first-order valence-corrected chi connectivity index (χ1v) is 7.25. The van der Waals surface area contributed by atoms with Crippen molar-refractivity contribution in [3.05, 3.63) is 71.8 Å². The number of carbonyl (C=O) groups excluding carboxylic acids is 1. The van der Waals surface area contributed by atoms with Gasteiger partial charge in [-0.1, -0.05) is 48.5 Å². The van der Waals surface area contributed by atoms with Gasteiger partial charge >= 0.3 is 0 Å². The smallest absolute Gasteiger partial charge is 0.247 e. The van der Waals surface area contributed by atoms with E-state index in [1.165, 1.54) is 12.3 Å². The fourth-order valence-electron chi connectivity index (χ4n) is 2.04. The number of hydrazone groups is 1. The minimum Gasteiger partial charge on any atom is -0.273 e. The number of benzene rings is 2. The normalized spacial score (nSPS) is 10.9. The van der Waals surface area contributed by atoms with Gasteiger partial charge in [-0.25, -0.2) is 14.8 Å². The van der Waals surface area contributed by atoms with E-state index in [4.69, 9.17) is 0 Å². The molecule has 0 radical (unpaired) electrons. The summed E-state index contributed by atoms with van der Waals surface area (Å²) in [5, 5.41) is 10.5. The Morgan fingerprint density at radius 1 is 1.17 bits per heavy atom. The molecule has 0 saturated heterocycles. The third kappa shape index (κ3) is 3.89. The van der Waals surface area contributed by atoms with Crippen LogP contribution < -0.4 is 5.43 Å². The molecule has 3 rings (SSSR count). The van der Waals surface area contributed by atoms with E-state index >= 15 is 0 Å². The molecule has 1 amide bonds. The first-order valence-electron chi connectivity index (χ1n) is 7.25. The van der Waals surface area contributed by atoms with Gasteiger partial charge in [0.2, 0.25) is 5.91 Å². The monoisotopic (exact) mass is 323 g/mol. The van der Waals surface area contributed by atoms with Crippen molar-refractivity contribution in [2.45, 2.75) is 6.42 Å². The largest absolute Gasteiger partial charge is 0.273 e. The number of rotatable bonds is 5. The van der Waals surface area contributed by atoms with Crippen LogP contribution in [0.2, 0.25) is 0 Å². The molecule has 0 aliphatic rings. The molecule has 2 N–H and O–H groups in total. The third-order valence-electron chi connectivity index (χ3n) is 3.19. The molecular weight excluding hydrogens is 309 g/mol. The molecule has 0 spiro atoms. The average molecular weight is 323 g/mol. The first-order chi connectivity index (χ1) is 11.7. The summed E-state index contributed by atoms with van der Waals surface area (Å²) < 4.78 is 13.4. The zero-order valence-corrected chi connectivity index (χ0v) is 12.6. The number of nitrogens with zero attached hydrogens (tertiary/aromatic N) is 3. The standard InChI is InChI=1S/C17H14FN5O/c18-14-9-5-4-8-13(14)11-19-22-16(24)10-15-20-17(23-21-15)12-6-2-1-3-7-12/h1-9,11H,10H2,(H,22,24)(H,20,21,23)/b19-11-. The highest BCUT2D eigenvalue weighted by Crippen LogP contribution is 2.13. The highest BCUT2D eigenvalue weighted by molar-refractivity contribution is 5.83. The van der Waals surface area contributed by atoms with E-state index in [9.17, 15) is 9.18 Å². The van der Waals surface area contributed by atoms with Gasteiger partial charge in [0.05, 0.1) is 12.6 Å². The van der Waals surface area contributed by atoms with Gasteiger partial charge in [0.15, 0.2) is 5.82 Å². The zero-order chi connectivity index (χ0) is 16.8. The Balaban J connectivity index is 1.58. The number of aromatic nitrogens is 3. The van der Waals surface area contributed by atoms with E-state index in [-0.39, 0.29) is 12.3 Å². The molecule has 0 saturated carbocycles. The summed E-state index contributed by atoms with van der Waals surface area (Å²) in [5.41, 5.74) is 3.49. The van der Waals surface area contributed by atoms with Crippen LogP contribution in [0.4, 0.5) is 4.39 Å². The summed E-state index contributed by atoms with van der Waals surface area (Å²) in [6.45, 7) is 0. The van der Waals surface area contributed by atoms with Crippen LogP contribution in [0, 0.1) is 5.82 Å². The fourth-order valence-corrected chi connectivity index (χ4v) is 2.04. The number of hydrogen-bond donors (Lipinski definition) is 2. The van der Waals surface area contributed by atoms with E-state index in [2.05, 4.69) is 25.7 Å². The van der Waals surface area contributed by atoms with Crippen molar-refractivity contribution in [1.82, 2.24) is 20.6 Å². The Kier molecular flexibility index (Phi) is 4.71. The minimum atomic E-state index is -0.404. The number of nitrogens with one attached hydrogen (secondary N) is 2. The lowest BCUT2D eigenvalue weighted by atomic mass is 10.2. The molecule has 0 unspecified atom stereocenters. The number of H-pyrrole nitrogens is 1. The SMILES string of the molecule is O=C(Cc1nc(-c2ccccc2)n[nH]1)N/N=C\c1ccccc1F. The van der Waals surface area contributed by atoms with Crippen molar-refractivity contribution in [2.24, 2.45) is 5.10 Å². The average Bonchev–Trinajstić information content (AvgIpc) is 3.06. The van der Waals surface area contributed by atoms with Gasteiger partial charge < -0.3 is 0 Å². The maximum Gasteiger partial charge on any atom is 0.247 e. The molecule has 2 aromatic carbocycles. The summed E-state index contributed by atoms with van der Waals surface area (Å²) in [7, 11) is 0. The second-order valence-corrected chi connectivity index (χ2v) is 4.96. The summed E-state index contributed by atoms with van der Waals surface area (Å²) in [5.74, 6) is 0.164. The first kappa shape index (κ1) is 15.5. The van der Waals surface area contributed by atoms with Crippen LogP contribution in [0.25, 0.3) is 11.4 Å². The van der Waals surface area contributed by atoms with E-state index in [0.29, 0.717) is 17.2 Å². The predicted octanol–water partition coefficient (Wildman–Crippen LogP) is 2.30. The highest BCUT2D eigenvalue weighted by Gasteiger charge is 2.09. The molecule has 0 bridgehead atoms. The summed E-state index contributed by atoms with van der Waals surface area (Å²) in [6.07, 6.45) is 1.25. The second-order valence-electron chi connectivity index (χ2n) is 4.96. The molecule has 120 valence electrons. The molecule has 0 fully saturated rings. The summed E-state index contributed by atoms with van der Waals surface area (Å²) in [6, 6.07) is 15.6. The van der Waals surface area contributed by atoms with E-state index in [1.807, 2.05) is 30.3 Å². The molecule has 6 nitrogen and oxygen atoms in total. The van der Waals surface area contributed by atoms with Crippen LogP contribution in [-0.2, 0) is 11.2 Å². The number of amides is 1. The second kappa shape index (κ2) is 7.28. The molecule has 0 aliphatic heterocycles. The Morgan fingerprint density at radius 3 is 2.71 bits per heavy atom. The maximum absolute atomic E-state index is 13.4. The Bertz CT molecular complexity index is 860. The van der Waals surface area contributed by atoms with Crippen LogP contribution in [0.5, 0.6) is 0 Å². The maximum atomic E-state index is 13.4. The molecule has 1 aromatic heterocycles. The van der Waals surface area contributed by atoms with Crippen molar-refractivity contribution in [3.63, 3.8) is 0 Å². The topological polar surface area (TPSA) is 83.0 Å². The van der Waals surface area contributed by atoms with Gasteiger partial charge in [0.25, 0.3) is 0 Å². The van der Waals surface area contributed by atoms with E-state index in [0.717, 1.165) is 5.56 Å². The zero-order valence-electron chi connectivity index (χ0n) is 12.6. The summed E-state index contributed by atoms with van der Waals surface area (Å²) in [4.78, 5) is 16.1. The molecule has 1 heterocycles. The van der Waals surface area contributed by atoms with Gasteiger partial charge in [0.1, 0.15) is 11.6 Å². The number of aromatic amines is 1. The van der Waals surface area contributed by atoms with Crippen molar-refractivity contribution in [1.29, 1.82) is 0 Å². The molecule has 0 atom stereocenters. The summed E-state index contributed by atoms with van der Waals surface area (Å²) >= 11 is 0. The number of halogens is 1. The van der Waals surface area contributed by atoms with Crippen LogP contribution in [0.3, 0.4) is 0 Å². The van der Waals surface area contributed by atoms with Crippen molar-refractivity contribution >= 4 is 12.1 Å². The van der Waals surface area contributed by atoms with Crippen molar-refractivity contribution in [3.8, 4) is 11.4 Å². The lowest BCUT2D eigenvalue weighted by Crippen LogP contribution is -2.20. The molecular formula is C17H14FN5O. The van der Waals surface area contributed by atoms with Gasteiger partial charge in [-0.15, -0.1) is 0 Å². The van der Waals surface area contributed by atoms with Crippen LogP contribution in [0.1, 0.15) is 11.4 Å².